The van der Waals surface area contributed by atoms with Crippen LogP contribution < -0.4 is 10.2 Å². The smallest absolute Gasteiger partial charge is 0.249 e. The van der Waals surface area contributed by atoms with Crippen LogP contribution in [-0.2, 0) is 27.2 Å². The highest BCUT2D eigenvalue weighted by atomic mass is 35.5. The molecular formula is C23H28ClNO4. The molecule has 2 aromatic carbocycles. The Balaban J connectivity index is 1.68. The summed E-state index contributed by atoms with van der Waals surface area (Å²) in [4.78, 5) is 18.3. The zero-order chi connectivity index (χ0) is 20.9. The van der Waals surface area contributed by atoms with E-state index in [4.69, 9.17) is 25.9 Å². The molecule has 0 saturated carbocycles. The van der Waals surface area contributed by atoms with Gasteiger partial charge in [-0.05, 0) is 66.8 Å². The van der Waals surface area contributed by atoms with Crippen molar-refractivity contribution in [2.75, 3.05) is 7.11 Å². The summed E-state index contributed by atoms with van der Waals surface area (Å²) in [5.74, 6) is 1.35. The van der Waals surface area contributed by atoms with Gasteiger partial charge in [-0.3, -0.25) is 4.79 Å². The molecule has 1 amide bonds. The zero-order valence-corrected chi connectivity index (χ0v) is 17.9. The van der Waals surface area contributed by atoms with E-state index in [0.717, 1.165) is 42.7 Å². The van der Waals surface area contributed by atoms with Gasteiger partial charge < -0.3 is 9.47 Å². The second kappa shape index (κ2) is 9.61. The van der Waals surface area contributed by atoms with Gasteiger partial charge in [-0.1, -0.05) is 37.9 Å². The van der Waals surface area contributed by atoms with Crippen LogP contribution in [0.15, 0.2) is 42.5 Å². The van der Waals surface area contributed by atoms with E-state index >= 15 is 0 Å². The molecule has 29 heavy (non-hydrogen) atoms. The van der Waals surface area contributed by atoms with Crippen LogP contribution in [0.5, 0.6) is 11.5 Å². The van der Waals surface area contributed by atoms with E-state index in [-0.39, 0.29) is 5.91 Å². The van der Waals surface area contributed by atoms with Crippen molar-refractivity contribution in [3.8, 4) is 11.5 Å². The highest BCUT2D eigenvalue weighted by Crippen LogP contribution is 2.37. The molecule has 0 saturated heterocycles. The number of aryl methyl sites for hydroxylation is 1. The number of carbonyl (C=O) groups is 1. The average Bonchev–Trinajstić information content (AvgIpc) is 2.72. The second-order valence-electron chi connectivity index (χ2n) is 7.73. The first kappa shape index (κ1) is 21.6. The minimum absolute atomic E-state index is 0.120. The minimum Gasteiger partial charge on any atom is -0.457 e. The summed E-state index contributed by atoms with van der Waals surface area (Å²) in [6.45, 7) is 4.02. The summed E-state index contributed by atoms with van der Waals surface area (Å²) in [6.07, 6.45) is 3.43. The number of hydrogen-bond acceptors (Lipinski definition) is 4. The van der Waals surface area contributed by atoms with Crippen LogP contribution in [0, 0.1) is 5.41 Å². The first-order valence-electron chi connectivity index (χ1n) is 9.97. The Labute approximate surface area is 177 Å². The summed E-state index contributed by atoms with van der Waals surface area (Å²) in [5, 5.41) is 0.668. The van der Waals surface area contributed by atoms with Crippen molar-refractivity contribution >= 4 is 17.5 Å². The molecule has 0 heterocycles. The van der Waals surface area contributed by atoms with Gasteiger partial charge in [-0.2, -0.15) is 0 Å². The largest absolute Gasteiger partial charge is 0.457 e. The van der Waals surface area contributed by atoms with Crippen molar-refractivity contribution < 1.29 is 19.1 Å². The number of halogens is 1. The Morgan fingerprint density at radius 3 is 2.59 bits per heavy atom. The molecule has 2 unspecified atom stereocenters. The molecule has 1 aliphatic rings. The zero-order valence-electron chi connectivity index (χ0n) is 17.2. The number of ether oxygens (including phenoxy) is 2. The van der Waals surface area contributed by atoms with Gasteiger partial charge in [0.1, 0.15) is 11.5 Å². The van der Waals surface area contributed by atoms with Crippen molar-refractivity contribution in [1.82, 2.24) is 5.48 Å². The molecule has 0 bridgehead atoms. The number of carbonyl (C=O) groups excluding carboxylic acids is 1. The maximum atomic E-state index is 12.8. The number of methoxy groups -OCH3 is 1. The van der Waals surface area contributed by atoms with Crippen LogP contribution in [0.25, 0.3) is 0 Å². The van der Waals surface area contributed by atoms with E-state index in [1.54, 1.807) is 19.2 Å². The summed E-state index contributed by atoms with van der Waals surface area (Å²) in [5.41, 5.74) is 4.44. The number of rotatable bonds is 8. The molecule has 0 aliphatic heterocycles. The second-order valence-corrected chi connectivity index (χ2v) is 8.16. The lowest BCUT2D eigenvalue weighted by Crippen LogP contribution is -2.44. The van der Waals surface area contributed by atoms with Crippen molar-refractivity contribution in [3.63, 3.8) is 0 Å². The molecular weight excluding hydrogens is 390 g/mol. The average molecular weight is 418 g/mol. The molecule has 0 radical (unpaired) electrons. The molecule has 1 aliphatic carbocycles. The molecule has 0 fully saturated rings. The van der Waals surface area contributed by atoms with E-state index < -0.39 is 11.7 Å². The highest BCUT2D eigenvalue weighted by Gasteiger charge is 2.37. The van der Waals surface area contributed by atoms with E-state index in [9.17, 15) is 4.79 Å². The van der Waals surface area contributed by atoms with E-state index in [1.165, 1.54) is 5.56 Å². The Bertz CT molecular complexity index is 839. The number of hydrogen-bond donors (Lipinski definition) is 1. The molecule has 6 heteroatoms. The van der Waals surface area contributed by atoms with Crippen LogP contribution in [0.3, 0.4) is 0 Å². The predicted octanol–water partition coefficient (Wildman–Crippen LogP) is 5.45. The van der Waals surface area contributed by atoms with Gasteiger partial charge in [0, 0.05) is 18.6 Å². The number of fused-ring (bicyclic) bond motifs is 1. The lowest BCUT2D eigenvalue weighted by atomic mass is 9.72. The van der Waals surface area contributed by atoms with E-state index in [1.807, 2.05) is 38.1 Å². The topological polar surface area (TPSA) is 56.8 Å². The van der Waals surface area contributed by atoms with Gasteiger partial charge in [0.2, 0.25) is 5.91 Å². The van der Waals surface area contributed by atoms with Gasteiger partial charge in [0.05, 0.1) is 5.41 Å². The highest BCUT2D eigenvalue weighted by molar-refractivity contribution is 6.30. The maximum absolute atomic E-state index is 12.8. The van der Waals surface area contributed by atoms with E-state index in [2.05, 4.69) is 11.5 Å². The Hall–Kier alpha value is -2.08. The predicted molar refractivity (Wildman–Crippen MR) is 113 cm³/mol. The first-order chi connectivity index (χ1) is 13.9. The first-order valence-corrected chi connectivity index (χ1v) is 10.4. The van der Waals surface area contributed by atoms with Crippen LogP contribution in [0.2, 0.25) is 5.02 Å². The third-order valence-corrected chi connectivity index (χ3v) is 5.62. The van der Waals surface area contributed by atoms with Gasteiger partial charge in [-0.25, -0.2) is 10.3 Å². The van der Waals surface area contributed by atoms with Crippen LogP contribution in [-0.4, -0.2) is 19.3 Å². The van der Waals surface area contributed by atoms with Crippen molar-refractivity contribution in [1.29, 1.82) is 0 Å². The summed E-state index contributed by atoms with van der Waals surface area (Å²) < 4.78 is 11.2. The van der Waals surface area contributed by atoms with Gasteiger partial charge in [0.15, 0.2) is 6.29 Å². The monoisotopic (exact) mass is 417 g/mol. The summed E-state index contributed by atoms with van der Waals surface area (Å²) >= 11 is 5.93. The molecule has 5 nitrogen and oxygen atoms in total. The molecule has 156 valence electrons. The van der Waals surface area contributed by atoms with Gasteiger partial charge >= 0.3 is 0 Å². The fourth-order valence-corrected chi connectivity index (χ4v) is 3.66. The Kier molecular flexibility index (Phi) is 7.17. The van der Waals surface area contributed by atoms with Gasteiger partial charge in [-0.15, -0.1) is 0 Å². The Morgan fingerprint density at radius 1 is 1.17 bits per heavy atom. The molecule has 0 spiro atoms. The maximum Gasteiger partial charge on any atom is 0.249 e. The van der Waals surface area contributed by atoms with Crippen molar-refractivity contribution in [3.05, 3.63) is 58.6 Å². The number of amides is 1. The lowest BCUT2D eigenvalue weighted by Gasteiger charge is -2.34. The standard InChI is InChI=1S/C23H28ClNO4/c1-4-5-21(27-3)29-25-22(26)23(2)13-12-16-6-9-20(14-17(16)15-23)28-19-10-7-18(24)8-11-19/h6-11,14,21H,4-5,12-13,15H2,1-3H3,(H,25,26). The lowest BCUT2D eigenvalue weighted by molar-refractivity contribution is -0.186. The van der Waals surface area contributed by atoms with E-state index in [0.29, 0.717) is 11.4 Å². The molecule has 2 atom stereocenters. The SMILES string of the molecule is CCCC(OC)ONC(=O)C1(C)CCc2ccc(Oc3ccc(Cl)cc3)cc2C1. The van der Waals surface area contributed by atoms with Crippen molar-refractivity contribution in [2.45, 2.75) is 52.2 Å². The molecule has 0 aromatic heterocycles. The fourth-order valence-electron chi connectivity index (χ4n) is 3.53. The molecule has 1 N–H and O–H groups in total. The molecule has 2 aromatic rings. The third kappa shape index (κ3) is 5.50. The summed E-state index contributed by atoms with van der Waals surface area (Å²) in [6, 6.07) is 13.3. The van der Waals surface area contributed by atoms with Crippen LogP contribution in [0.1, 0.15) is 44.2 Å². The number of nitrogens with one attached hydrogen (secondary N) is 1. The van der Waals surface area contributed by atoms with Crippen LogP contribution >= 0.6 is 11.6 Å². The quantitative estimate of drug-likeness (QED) is 0.458. The normalized spacial score (nSPS) is 19.3. The number of benzene rings is 2. The molecule has 3 rings (SSSR count). The minimum atomic E-state index is -0.545. The third-order valence-electron chi connectivity index (χ3n) is 5.37. The summed E-state index contributed by atoms with van der Waals surface area (Å²) in [7, 11) is 1.58. The van der Waals surface area contributed by atoms with Crippen LogP contribution in [0.4, 0.5) is 0 Å². The number of hydroxylamine groups is 1. The van der Waals surface area contributed by atoms with Crippen molar-refractivity contribution in [2.24, 2.45) is 5.41 Å². The van der Waals surface area contributed by atoms with Gasteiger partial charge in [0.25, 0.3) is 0 Å². The fraction of sp³-hybridized carbons (Fsp3) is 0.435. The Morgan fingerprint density at radius 2 is 1.90 bits per heavy atom.